The van der Waals surface area contributed by atoms with Crippen LogP contribution in [0.1, 0.15) is 18.3 Å². The molecule has 0 spiro atoms. The molecule has 0 bridgehead atoms. The van der Waals surface area contributed by atoms with Gasteiger partial charge in [0.2, 0.25) is 0 Å². The van der Waals surface area contributed by atoms with Crippen molar-refractivity contribution in [2.45, 2.75) is 26.9 Å². The van der Waals surface area contributed by atoms with Gasteiger partial charge in [0.05, 0.1) is 22.4 Å². The van der Waals surface area contributed by atoms with Crippen molar-refractivity contribution >= 4 is 22.0 Å². The van der Waals surface area contributed by atoms with E-state index in [1.54, 1.807) is 4.90 Å². The van der Waals surface area contributed by atoms with Crippen molar-refractivity contribution in [2.24, 2.45) is 0 Å². The van der Waals surface area contributed by atoms with Gasteiger partial charge in [0.25, 0.3) is 0 Å². The molecule has 1 aromatic rings. The summed E-state index contributed by atoms with van der Waals surface area (Å²) in [6.45, 7) is 7.06. The maximum atomic E-state index is 11.8. The van der Waals surface area contributed by atoms with Gasteiger partial charge in [-0.2, -0.15) is 5.10 Å². The summed E-state index contributed by atoms with van der Waals surface area (Å²) in [4.78, 5) is 15.4. The van der Waals surface area contributed by atoms with Crippen LogP contribution in [0.25, 0.3) is 0 Å². The van der Waals surface area contributed by atoms with Crippen LogP contribution in [0, 0.1) is 6.92 Å². The highest BCUT2D eigenvalue weighted by molar-refractivity contribution is 9.10. The molecule has 1 aliphatic heterocycles. The summed E-state index contributed by atoms with van der Waals surface area (Å²) in [7, 11) is 1.83. The maximum absolute atomic E-state index is 11.8. The van der Waals surface area contributed by atoms with E-state index in [0.717, 1.165) is 35.5 Å². The van der Waals surface area contributed by atoms with E-state index < -0.39 is 0 Å². The molecule has 0 aromatic carbocycles. The van der Waals surface area contributed by atoms with Gasteiger partial charge in [-0.3, -0.25) is 4.68 Å². The number of carbonyl (C=O) groups is 1. The molecule has 0 radical (unpaired) electrons. The highest BCUT2D eigenvalue weighted by Crippen LogP contribution is 2.23. The summed E-state index contributed by atoms with van der Waals surface area (Å²) < 4.78 is 2.96. The predicted octanol–water partition coefficient (Wildman–Crippen LogP) is 1.84. The molecule has 1 fully saturated rings. The Balaban J connectivity index is 2.21. The van der Waals surface area contributed by atoms with Crippen LogP contribution in [0.2, 0.25) is 0 Å². The van der Waals surface area contributed by atoms with Gasteiger partial charge >= 0.3 is 6.03 Å². The van der Waals surface area contributed by atoms with Crippen LogP contribution < -0.4 is 0 Å². The lowest BCUT2D eigenvalue weighted by Crippen LogP contribution is -2.30. The molecule has 0 aliphatic carbocycles. The lowest BCUT2D eigenvalue weighted by Gasteiger charge is -2.16. The van der Waals surface area contributed by atoms with Crippen molar-refractivity contribution in [1.82, 2.24) is 19.6 Å². The fourth-order valence-electron chi connectivity index (χ4n) is 2.05. The fourth-order valence-corrected chi connectivity index (χ4v) is 2.46. The van der Waals surface area contributed by atoms with Crippen molar-refractivity contribution in [2.75, 3.05) is 20.1 Å². The van der Waals surface area contributed by atoms with E-state index >= 15 is 0 Å². The Labute approximate surface area is 110 Å². The van der Waals surface area contributed by atoms with Gasteiger partial charge in [-0.25, -0.2) is 4.79 Å². The van der Waals surface area contributed by atoms with Crippen molar-refractivity contribution in [3.63, 3.8) is 0 Å². The normalized spacial score (nSPS) is 16.1. The van der Waals surface area contributed by atoms with Crippen LogP contribution in [0.4, 0.5) is 4.79 Å². The van der Waals surface area contributed by atoms with Crippen molar-refractivity contribution in [3.8, 4) is 0 Å². The maximum Gasteiger partial charge on any atom is 0.320 e. The third-order valence-electron chi connectivity index (χ3n) is 3.10. The smallest absolute Gasteiger partial charge is 0.320 e. The molecule has 2 heterocycles. The van der Waals surface area contributed by atoms with E-state index in [9.17, 15) is 4.79 Å². The highest BCUT2D eigenvalue weighted by Gasteiger charge is 2.27. The predicted molar refractivity (Wildman–Crippen MR) is 68.8 cm³/mol. The number of urea groups is 1. The molecule has 2 rings (SSSR count). The molecule has 0 unspecified atom stereocenters. The number of likely N-dealkylation sites (N-methyl/N-ethyl adjacent to an activating group) is 1. The Hall–Kier alpha value is -1.04. The van der Waals surface area contributed by atoms with Crippen molar-refractivity contribution in [1.29, 1.82) is 0 Å². The zero-order valence-corrected chi connectivity index (χ0v) is 12.0. The fraction of sp³-hybridized carbons (Fsp3) is 0.636. The first-order chi connectivity index (χ1) is 8.04. The van der Waals surface area contributed by atoms with E-state index in [2.05, 4.69) is 28.0 Å². The van der Waals surface area contributed by atoms with Gasteiger partial charge in [-0.05, 0) is 29.8 Å². The number of carbonyl (C=O) groups excluding carboxylic acids is 1. The lowest BCUT2D eigenvalue weighted by atomic mass is 10.3. The van der Waals surface area contributed by atoms with Gasteiger partial charge in [-0.1, -0.05) is 0 Å². The number of aryl methyl sites for hydroxylation is 2. The Morgan fingerprint density at radius 3 is 2.65 bits per heavy atom. The van der Waals surface area contributed by atoms with Gasteiger partial charge in [-0.15, -0.1) is 0 Å². The minimum Gasteiger partial charge on any atom is -0.326 e. The number of hydrogen-bond acceptors (Lipinski definition) is 2. The number of amides is 2. The molecule has 0 atom stereocenters. The molecule has 0 N–H and O–H groups in total. The summed E-state index contributed by atoms with van der Waals surface area (Å²) in [5, 5.41) is 4.43. The number of rotatable bonds is 3. The Morgan fingerprint density at radius 1 is 1.41 bits per heavy atom. The van der Waals surface area contributed by atoms with Gasteiger partial charge in [0, 0.05) is 26.7 Å². The second-order valence-electron chi connectivity index (χ2n) is 4.29. The first-order valence-corrected chi connectivity index (χ1v) is 6.55. The van der Waals surface area contributed by atoms with E-state index in [-0.39, 0.29) is 6.03 Å². The van der Waals surface area contributed by atoms with Crippen LogP contribution in [0.3, 0.4) is 0 Å². The van der Waals surface area contributed by atoms with Crippen LogP contribution in [-0.2, 0) is 13.1 Å². The zero-order chi connectivity index (χ0) is 12.6. The molecule has 1 aliphatic rings. The second-order valence-corrected chi connectivity index (χ2v) is 5.08. The molecule has 94 valence electrons. The average molecular weight is 301 g/mol. The summed E-state index contributed by atoms with van der Waals surface area (Å²) in [5.74, 6) is 0. The van der Waals surface area contributed by atoms with Crippen LogP contribution >= 0.6 is 15.9 Å². The molecule has 1 aromatic heterocycles. The molecule has 6 heteroatoms. The van der Waals surface area contributed by atoms with E-state index in [0.29, 0.717) is 6.54 Å². The van der Waals surface area contributed by atoms with E-state index in [4.69, 9.17) is 0 Å². The lowest BCUT2D eigenvalue weighted by molar-refractivity contribution is 0.195. The first-order valence-electron chi connectivity index (χ1n) is 5.76. The van der Waals surface area contributed by atoms with E-state index in [1.165, 1.54) is 0 Å². The third-order valence-corrected chi connectivity index (χ3v) is 4.13. The summed E-state index contributed by atoms with van der Waals surface area (Å²) in [5.41, 5.74) is 2.05. The first kappa shape index (κ1) is 12.4. The monoisotopic (exact) mass is 300 g/mol. The minimum atomic E-state index is 0.0957. The largest absolute Gasteiger partial charge is 0.326 e. The topological polar surface area (TPSA) is 41.4 Å². The van der Waals surface area contributed by atoms with Crippen LogP contribution in [0.15, 0.2) is 4.47 Å². The van der Waals surface area contributed by atoms with Gasteiger partial charge in [0.1, 0.15) is 0 Å². The number of halogens is 1. The molecular formula is C11H17BrN4O. The van der Waals surface area contributed by atoms with Gasteiger partial charge in [0.15, 0.2) is 0 Å². The van der Waals surface area contributed by atoms with Crippen molar-refractivity contribution in [3.05, 3.63) is 15.9 Å². The number of nitrogens with zero attached hydrogens (tertiary/aromatic N) is 4. The average Bonchev–Trinajstić information content (AvgIpc) is 2.76. The molecule has 2 amide bonds. The Bertz CT molecular complexity index is 443. The summed E-state index contributed by atoms with van der Waals surface area (Å²) in [6, 6.07) is 0.0957. The molecule has 1 saturated heterocycles. The molecule has 0 saturated carbocycles. The second kappa shape index (κ2) is 4.68. The van der Waals surface area contributed by atoms with Crippen LogP contribution in [0.5, 0.6) is 0 Å². The van der Waals surface area contributed by atoms with Crippen LogP contribution in [-0.4, -0.2) is 45.7 Å². The SMILES string of the molecule is CCn1nc(C)c(Br)c1CN1CCN(C)C1=O. The molecule has 5 nitrogen and oxygen atoms in total. The summed E-state index contributed by atoms with van der Waals surface area (Å²) >= 11 is 3.55. The third kappa shape index (κ3) is 2.18. The Kier molecular flexibility index (Phi) is 3.42. The molecule has 17 heavy (non-hydrogen) atoms. The number of aromatic nitrogens is 2. The van der Waals surface area contributed by atoms with Gasteiger partial charge < -0.3 is 9.80 Å². The van der Waals surface area contributed by atoms with E-state index in [1.807, 2.05) is 23.6 Å². The zero-order valence-electron chi connectivity index (χ0n) is 10.4. The van der Waals surface area contributed by atoms with Crippen molar-refractivity contribution < 1.29 is 4.79 Å². The summed E-state index contributed by atoms with van der Waals surface area (Å²) in [6.07, 6.45) is 0. The molecular weight excluding hydrogens is 284 g/mol. The Morgan fingerprint density at radius 2 is 2.12 bits per heavy atom. The number of hydrogen-bond donors (Lipinski definition) is 0. The quantitative estimate of drug-likeness (QED) is 0.855. The highest BCUT2D eigenvalue weighted by atomic mass is 79.9. The minimum absolute atomic E-state index is 0.0957. The standard InChI is InChI=1S/C11H17BrN4O/c1-4-16-9(10(12)8(2)13-16)7-15-6-5-14(3)11(15)17/h4-7H2,1-3H3.